The molecule has 2 aliphatic heterocycles. The van der Waals surface area contributed by atoms with Gasteiger partial charge >= 0.3 is 11.9 Å². The zero-order valence-corrected chi connectivity index (χ0v) is 25.9. The highest BCUT2D eigenvalue weighted by atomic mass is 19.2. The molecular formula is C34H33F2N5O5. The van der Waals surface area contributed by atoms with Crippen LogP contribution >= 0.6 is 0 Å². The van der Waals surface area contributed by atoms with Crippen LogP contribution in [0.25, 0.3) is 27.8 Å². The van der Waals surface area contributed by atoms with E-state index in [0.717, 1.165) is 31.7 Å². The number of esters is 2. The average molecular weight is 630 g/mol. The highest BCUT2D eigenvalue weighted by Gasteiger charge is 2.43. The number of fused-ring (bicyclic) bond motifs is 5. The molecule has 3 aliphatic rings. The molecule has 0 amide bonds. The van der Waals surface area contributed by atoms with E-state index in [1.165, 1.54) is 30.4 Å². The minimum Gasteiger partial charge on any atom is -0.426 e. The van der Waals surface area contributed by atoms with Crippen LogP contribution in [0.3, 0.4) is 0 Å². The molecule has 2 saturated heterocycles. The molecule has 238 valence electrons. The summed E-state index contributed by atoms with van der Waals surface area (Å²) >= 11 is 0. The highest BCUT2D eigenvalue weighted by molar-refractivity contribution is 5.97. The van der Waals surface area contributed by atoms with E-state index in [0.29, 0.717) is 51.5 Å². The van der Waals surface area contributed by atoms with E-state index < -0.39 is 35.4 Å². The number of pyridine rings is 3. The molecule has 12 heteroatoms. The third-order valence-electron chi connectivity index (χ3n) is 9.32. The average Bonchev–Trinajstić information content (AvgIpc) is 3.70. The van der Waals surface area contributed by atoms with Gasteiger partial charge in [0.25, 0.3) is 5.56 Å². The van der Waals surface area contributed by atoms with Crippen molar-refractivity contribution in [3.05, 3.63) is 81.5 Å². The third-order valence-corrected chi connectivity index (χ3v) is 9.32. The second-order valence-corrected chi connectivity index (χ2v) is 12.2. The molecule has 46 heavy (non-hydrogen) atoms. The van der Waals surface area contributed by atoms with Gasteiger partial charge in [-0.15, -0.1) is 0 Å². The van der Waals surface area contributed by atoms with E-state index in [1.54, 1.807) is 31.6 Å². The van der Waals surface area contributed by atoms with Gasteiger partial charge in [0.05, 0.1) is 11.4 Å². The molecule has 3 aromatic heterocycles. The molecule has 0 radical (unpaired) electrons. The van der Waals surface area contributed by atoms with Gasteiger partial charge in [-0.3, -0.25) is 19.0 Å². The van der Waals surface area contributed by atoms with Crippen molar-refractivity contribution in [3.8, 4) is 22.3 Å². The van der Waals surface area contributed by atoms with Crippen molar-refractivity contribution in [3.63, 3.8) is 0 Å². The number of ether oxygens (including phenoxy) is 2. The Morgan fingerprint density at radius 3 is 2.65 bits per heavy atom. The Morgan fingerprint density at radius 1 is 1.11 bits per heavy atom. The number of benzene rings is 1. The Kier molecular flexibility index (Phi) is 7.27. The van der Waals surface area contributed by atoms with E-state index in [1.807, 2.05) is 6.07 Å². The van der Waals surface area contributed by atoms with E-state index in [4.69, 9.17) is 14.5 Å². The first kappa shape index (κ1) is 29.8. The van der Waals surface area contributed by atoms with Gasteiger partial charge < -0.3 is 24.6 Å². The summed E-state index contributed by atoms with van der Waals surface area (Å²) in [7, 11) is 3.77. The number of nitrogens with zero attached hydrogens (tertiary/aromatic N) is 4. The topological polar surface area (TPSA) is 105 Å². The van der Waals surface area contributed by atoms with Crippen LogP contribution in [0.5, 0.6) is 0 Å². The lowest BCUT2D eigenvalue weighted by Gasteiger charge is -2.31. The Hall–Kier alpha value is -4.84. The number of carbonyl (C=O) groups is 2. The SMILES string of the molecule is CNc1cc(F)c(F)c2c1Cc1ncc(-c3ccc4ccc(C(=O)OC(C)OC(C)=O)c(=O)n4c3)c(N3CC[C@H]4CN(C)C[C@H]43)c1-2. The number of hydrogen-bond acceptors (Lipinski definition) is 9. The van der Waals surface area contributed by atoms with Crippen molar-refractivity contribution in [1.82, 2.24) is 14.3 Å². The van der Waals surface area contributed by atoms with Gasteiger partial charge in [-0.2, -0.15) is 0 Å². The predicted octanol–water partition coefficient (Wildman–Crippen LogP) is 4.46. The smallest absolute Gasteiger partial charge is 0.346 e. The molecule has 4 aromatic rings. The van der Waals surface area contributed by atoms with Gasteiger partial charge in [-0.05, 0) is 43.1 Å². The molecule has 3 atom stereocenters. The van der Waals surface area contributed by atoms with E-state index in [9.17, 15) is 14.4 Å². The van der Waals surface area contributed by atoms with Crippen molar-refractivity contribution < 1.29 is 27.8 Å². The molecule has 1 unspecified atom stereocenters. The Labute approximate surface area is 263 Å². The summed E-state index contributed by atoms with van der Waals surface area (Å²) in [5.74, 6) is -2.98. The molecule has 1 aromatic carbocycles. The molecular weight excluding hydrogens is 596 g/mol. The van der Waals surface area contributed by atoms with Crippen LogP contribution in [0.4, 0.5) is 20.2 Å². The first-order valence-corrected chi connectivity index (χ1v) is 15.3. The van der Waals surface area contributed by atoms with Crippen molar-refractivity contribution in [2.24, 2.45) is 5.92 Å². The fourth-order valence-electron chi connectivity index (χ4n) is 7.37. The van der Waals surface area contributed by atoms with Crippen molar-refractivity contribution in [2.75, 3.05) is 43.9 Å². The second kappa shape index (κ2) is 11.2. The molecule has 5 heterocycles. The molecule has 0 spiro atoms. The largest absolute Gasteiger partial charge is 0.426 e. The number of carbonyl (C=O) groups excluding carboxylic acids is 2. The maximum Gasteiger partial charge on any atom is 0.346 e. The maximum atomic E-state index is 15.8. The number of likely N-dealkylation sites (tertiary alicyclic amines) is 1. The highest BCUT2D eigenvalue weighted by Crippen LogP contribution is 2.52. The molecule has 7 rings (SSSR count). The lowest BCUT2D eigenvalue weighted by Crippen LogP contribution is -2.35. The van der Waals surface area contributed by atoms with Crippen LogP contribution in [0.2, 0.25) is 0 Å². The van der Waals surface area contributed by atoms with Crippen LogP contribution in [0.15, 0.2) is 47.5 Å². The maximum absolute atomic E-state index is 15.8. The molecule has 1 N–H and O–H groups in total. The second-order valence-electron chi connectivity index (χ2n) is 12.2. The molecule has 2 fully saturated rings. The summed E-state index contributed by atoms with van der Waals surface area (Å²) in [4.78, 5) is 47.1. The standard InChI is InChI=1S/C34H33F2N5O5/c1-17(42)45-18(2)46-34(44)22-8-7-21-6-5-19(15-41(21)33(22)43)24-13-38-27-11-23-26(37-3)12-25(35)31(36)29(23)30(27)32(24)40-10-9-20-14-39(4)16-28(20)40/h5-8,12-13,15,18,20,28,37H,9-11,14,16H2,1-4H3/t18?,20-,28+/m0/s1. The number of likely N-dealkylation sites (N-methyl/N-ethyl adjacent to an activating group) is 1. The Morgan fingerprint density at radius 2 is 1.89 bits per heavy atom. The Bertz CT molecular complexity index is 2000. The van der Waals surface area contributed by atoms with E-state index in [2.05, 4.69) is 22.2 Å². The normalized spacial score (nSPS) is 19.1. The van der Waals surface area contributed by atoms with Crippen LogP contribution in [0, 0.1) is 17.6 Å². The first-order valence-electron chi connectivity index (χ1n) is 15.3. The van der Waals surface area contributed by atoms with Gasteiger partial charge in [0.15, 0.2) is 11.6 Å². The van der Waals surface area contributed by atoms with Crippen LogP contribution in [-0.2, 0) is 20.7 Å². The number of nitrogens with one attached hydrogen (secondary N) is 1. The van der Waals surface area contributed by atoms with Gasteiger partial charge in [0.2, 0.25) is 6.29 Å². The summed E-state index contributed by atoms with van der Waals surface area (Å²) in [5, 5.41) is 3.01. The summed E-state index contributed by atoms with van der Waals surface area (Å²) in [6.45, 7) is 5.09. The number of halogens is 2. The fraction of sp³-hybridized carbons (Fsp3) is 0.353. The lowest BCUT2D eigenvalue weighted by atomic mass is 9.96. The van der Waals surface area contributed by atoms with Crippen molar-refractivity contribution in [2.45, 2.75) is 39.0 Å². The number of hydrogen-bond donors (Lipinski definition) is 1. The number of anilines is 2. The monoisotopic (exact) mass is 629 g/mol. The van der Waals surface area contributed by atoms with Gasteiger partial charge in [-0.1, -0.05) is 6.07 Å². The molecule has 1 aliphatic carbocycles. The minimum atomic E-state index is -1.17. The van der Waals surface area contributed by atoms with Crippen molar-refractivity contribution in [1.29, 1.82) is 0 Å². The molecule has 0 bridgehead atoms. The van der Waals surface area contributed by atoms with E-state index >= 15 is 8.78 Å². The van der Waals surface area contributed by atoms with Crippen molar-refractivity contribution >= 4 is 28.8 Å². The predicted molar refractivity (Wildman–Crippen MR) is 168 cm³/mol. The van der Waals surface area contributed by atoms with Crippen LogP contribution in [-0.4, -0.2) is 72.3 Å². The number of aromatic nitrogens is 2. The molecule has 10 nitrogen and oxygen atoms in total. The van der Waals surface area contributed by atoms with Gasteiger partial charge in [-0.25, -0.2) is 13.6 Å². The quantitative estimate of drug-likeness (QED) is 0.215. The van der Waals surface area contributed by atoms with Gasteiger partial charge in [0.1, 0.15) is 5.56 Å². The summed E-state index contributed by atoms with van der Waals surface area (Å²) < 4.78 is 42.2. The van der Waals surface area contributed by atoms with Crippen LogP contribution in [0.1, 0.15) is 41.9 Å². The van der Waals surface area contributed by atoms with E-state index in [-0.39, 0.29) is 17.2 Å². The lowest BCUT2D eigenvalue weighted by molar-refractivity contribution is -0.162. The summed E-state index contributed by atoms with van der Waals surface area (Å²) in [5.41, 5.74) is 4.34. The summed E-state index contributed by atoms with van der Waals surface area (Å²) in [6, 6.07) is 7.96. The third kappa shape index (κ3) is 4.79. The Balaban J connectivity index is 1.41. The van der Waals surface area contributed by atoms with Gasteiger partial charge in [0, 0.05) is 105 Å². The molecule has 0 saturated carbocycles. The fourth-order valence-corrected chi connectivity index (χ4v) is 7.37. The zero-order chi connectivity index (χ0) is 32.4. The summed E-state index contributed by atoms with van der Waals surface area (Å²) in [6.07, 6.45) is 3.50. The number of rotatable bonds is 6. The first-order chi connectivity index (χ1) is 22.0. The minimum absolute atomic E-state index is 0.170. The zero-order valence-electron chi connectivity index (χ0n) is 25.9. The van der Waals surface area contributed by atoms with Crippen LogP contribution < -0.4 is 15.8 Å².